The van der Waals surface area contributed by atoms with Gasteiger partial charge < -0.3 is 15.4 Å². The Balaban J connectivity index is 1.93. The molecule has 0 atom stereocenters. The molecule has 0 aliphatic rings. The normalized spacial score (nSPS) is 11.1. The number of ether oxygens (including phenoxy) is 1. The number of anilines is 5. The molecule has 3 rings (SSSR count). The summed E-state index contributed by atoms with van der Waals surface area (Å²) in [6.45, 7) is 0. The molecule has 30 heavy (non-hydrogen) atoms. The Morgan fingerprint density at radius 1 is 1.07 bits per heavy atom. The minimum Gasteiger partial charge on any atom is -0.497 e. The summed E-state index contributed by atoms with van der Waals surface area (Å²) in [5, 5.41) is 5.58. The number of methoxy groups -OCH3 is 1. The highest BCUT2D eigenvalue weighted by Crippen LogP contribution is 2.32. The zero-order valence-corrected chi connectivity index (χ0v) is 17.3. The zero-order chi connectivity index (χ0) is 21.9. The van der Waals surface area contributed by atoms with Crippen molar-refractivity contribution in [3.05, 3.63) is 59.3 Å². The second-order valence-electron chi connectivity index (χ2n) is 6.03. The van der Waals surface area contributed by atoms with Crippen LogP contribution in [0.5, 0.6) is 5.75 Å². The Hall–Kier alpha value is -3.18. The molecule has 0 bridgehead atoms. The van der Waals surface area contributed by atoms with Crippen LogP contribution in [-0.4, -0.2) is 31.8 Å². The maximum absolute atomic E-state index is 13.9. The summed E-state index contributed by atoms with van der Waals surface area (Å²) in [5.41, 5.74) is 0.356. The highest BCUT2D eigenvalue weighted by atomic mass is 35.5. The number of nitrogens with one attached hydrogen (secondary N) is 3. The second kappa shape index (κ2) is 8.67. The van der Waals surface area contributed by atoms with E-state index < -0.39 is 21.7 Å². The SMILES string of the molecule is COc1ccc(Nc2nc(Nc3cccc(F)c3F)ncc2Cl)c(NS(C)(=O)=O)c1. The van der Waals surface area contributed by atoms with E-state index in [0.29, 0.717) is 11.4 Å². The van der Waals surface area contributed by atoms with E-state index >= 15 is 0 Å². The number of hydrogen-bond donors (Lipinski definition) is 3. The van der Waals surface area contributed by atoms with Crippen LogP contribution < -0.4 is 20.1 Å². The van der Waals surface area contributed by atoms with Gasteiger partial charge in [0.2, 0.25) is 16.0 Å². The molecule has 0 spiro atoms. The standard InChI is InChI=1S/C18H16ClF2N5O3S/c1-29-10-6-7-13(15(8-10)26-30(2,27)28)23-17-11(19)9-22-18(25-17)24-14-5-3-4-12(20)16(14)21/h3-9,26H,1-2H3,(H2,22,23,24,25). The molecule has 0 aliphatic heterocycles. The highest BCUT2D eigenvalue weighted by Gasteiger charge is 2.14. The molecule has 3 aromatic rings. The summed E-state index contributed by atoms with van der Waals surface area (Å²) in [6.07, 6.45) is 2.26. The summed E-state index contributed by atoms with van der Waals surface area (Å²) < 4.78 is 58.1. The first-order valence-electron chi connectivity index (χ1n) is 8.32. The zero-order valence-electron chi connectivity index (χ0n) is 15.7. The van der Waals surface area contributed by atoms with E-state index in [4.69, 9.17) is 16.3 Å². The molecule has 158 valence electrons. The molecule has 8 nitrogen and oxygen atoms in total. The van der Waals surface area contributed by atoms with Gasteiger partial charge in [-0.2, -0.15) is 4.98 Å². The van der Waals surface area contributed by atoms with Gasteiger partial charge in [-0.3, -0.25) is 4.72 Å². The third kappa shape index (κ3) is 5.24. The lowest BCUT2D eigenvalue weighted by Crippen LogP contribution is -2.11. The first-order valence-corrected chi connectivity index (χ1v) is 10.6. The third-order valence-electron chi connectivity index (χ3n) is 3.72. The largest absolute Gasteiger partial charge is 0.497 e. The van der Waals surface area contributed by atoms with Gasteiger partial charge in [-0.1, -0.05) is 17.7 Å². The summed E-state index contributed by atoms with van der Waals surface area (Å²) >= 11 is 6.14. The second-order valence-corrected chi connectivity index (χ2v) is 8.18. The van der Waals surface area contributed by atoms with Crippen molar-refractivity contribution in [2.45, 2.75) is 0 Å². The van der Waals surface area contributed by atoms with Gasteiger partial charge in [-0.15, -0.1) is 0 Å². The van der Waals surface area contributed by atoms with Crippen molar-refractivity contribution in [1.82, 2.24) is 9.97 Å². The summed E-state index contributed by atoms with van der Waals surface area (Å²) in [6, 6.07) is 8.27. The average Bonchev–Trinajstić information content (AvgIpc) is 2.68. The fourth-order valence-corrected chi connectivity index (χ4v) is 3.11. The van der Waals surface area contributed by atoms with Crippen molar-refractivity contribution in [3.63, 3.8) is 0 Å². The van der Waals surface area contributed by atoms with Crippen molar-refractivity contribution in [3.8, 4) is 5.75 Å². The van der Waals surface area contributed by atoms with E-state index in [-0.39, 0.29) is 28.2 Å². The van der Waals surface area contributed by atoms with Crippen LogP contribution in [0, 0.1) is 11.6 Å². The van der Waals surface area contributed by atoms with Gasteiger partial charge in [0.1, 0.15) is 10.8 Å². The lowest BCUT2D eigenvalue weighted by Gasteiger charge is -2.15. The smallest absolute Gasteiger partial charge is 0.229 e. The third-order valence-corrected chi connectivity index (χ3v) is 4.58. The van der Waals surface area contributed by atoms with Crippen molar-refractivity contribution < 1.29 is 21.9 Å². The Morgan fingerprint density at radius 3 is 2.53 bits per heavy atom. The van der Waals surface area contributed by atoms with Gasteiger partial charge in [-0.25, -0.2) is 22.2 Å². The molecule has 2 aromatic carbocycles. The number of aromatic nitrogens is 2. The molecule has 0 saturated heterocycles. The number of nitrogens with zero attached hydrogens (tertiary/aromatic N) is 2. The predicted octanol–water partition coefficient (Wildman–Crippen LogP) is 4.28. The first-order chi connectivity index (χ1) is 14.2. The monoisotopic (exact) mass is 455 g/mol. The maximum atomic E-state index is 13.9. The molecular formula is C18H16ClF2N5O3S. The van der Waals surface area contributed by atoms with Crippen LogP contribution in [0.2, 0.25) is 5.02 Å². The lowest BCUT2D eigenvalue weighted by molar-refractivity contribution is 0.415. The molecular weight excluding hydrogens is 440 g/mol. The fraction of sp³-hybridized carbons (Fsp3) is 0.111. The van der Waals surface area contributed by atoms with E-state index in [0.717, 1.165) is 12.3 Å². The van der Waals surface area contributed by atoms with Crippen molar-refractivity contribution in [1.29, 1.82) is 0 Å². The molecule has 1 aromatic heterocycles. The van der Waals surface area contributed by atoms with E-state index in [1.165, 1.54) is 31.5 Å². The molecule has 0 unspecified atom stereocenters. The van der Waals surface area contributed by atoms with Gasteiger partial charge in [-0.05, 0) is 24.3 Å². The van der Waals surface area contributed by atoms with Gasteiger partial charge in [0, 0.05) is 6.07 Å². The van der Waals surface area contributed by atoms with Crippen LogP contribution in [0.1, 0.15) is 0 Å². The molecule has 0 fully saturated rings. The van der Waals surface area contributed by atoms with Crippen molar-refractivity contribution in [2.75, 3.05) is 28.7 Å². The number of hydrogen-bond acceptors (Lipinski definition) is 7. The lowest BCUT2D eigenvalue weighted by atomic mass is 10.2. The van der Waals surface area contributed by atoms with E-state index in [1.807, 2.05) is 0 Å². The molecule has 0 saturated carbocycles. The van der Waals surface area contributed by atoms with Crippen LogP contribution in [0.3, 0.4) is 0 Å². The van der Waals surface area contributed by atoms with Crippen molar-refractivity contribution >= 4 is 50.5 Å². The quantitative estimate of drug-likeness (QED) is 0.488. The number of rotatable bonds is 7. The summed E-state index contributed by atoms with van der Waals surface area (Å²) in [7, 11) is -2.14. The van der Waals surface area contributed by atoms with E-state index in [1.54, 1.807) is 12.1 Å². The average molecular weight is 456 g/mol. The van der Waals surface area contributed by atoms with Crippen LogP contribution >= 0.6 is 11.6 Å². The van der Waals surface area contributed by atoms with Crippen LogP contribution in [0.4, 0.5) is 37.6 Å². The summed E-state index contributed by atoms with van der Waals surface area (Å²) in [4.78, 5) is 8.09. The maximum Gasteiger partial charge on any atom is 0.229 e. The van der Waals surface area contributed by atoms with Crippen LogP contribution in [0.25, 0.3) is 0 Å². The van der Waals surface area contributed by atoms with Gasteiger partial charge in [0.05, 0.1) is 36.6 Å². The topological polar surface area (TPSA) is 105 Å². The van der Waals surface area contributed by atoms with Gasteiger partial charge in [0.15, 0.2) is 17.5 Å². The minimum absolute atomic E-state index is 0.0578. The molecule has 12 heteroatoms. The van der Waals surface area contributed by atoms with Gasteiger partial charge in [0.25, 0.3) is 0 Å². The Kier molecular flexibility index (Phi) is 6.22. The minimum atomic E-state index is -3.59. The Labute approximate surface area is 176 Å². The fourth-order valence-electron chi connectivity index (χ4n) is 2.41. The Bertz CT molecular complexity index is 1190. The van der Waals surface area contributed by atoms with Crippen LogP contribution in [0.15, 0.2) is 42.6 Å². The van der Waals surface area contributed by atoms with Crippen LogP contribution in [-0.2, 0) is 10.0 Å². The highest BCUT2D eigenvalue weighted by molar-refractivity contribution is 7.92. The summed E-state index contributed by atoms with van der Waals surface area (Å²) in [5.74, 6) is -1.64. The molecule has 0 aliphatic carbocycles. The van der Waals surface area contributed by atoms with Gasteiger partial charge >= 0.3 is 0 Å². The molecule has 1 heterocycles. The van der Waals surface area contributed by atoms with Crippen molar-refractivity contribution in [2.24, 2.45) is 0 Å². The molecule has 0 amide bonds. The Morgan fingerprint density at radius 2 is 1.83 bits per heavy atom. The van der Waals surface area contributed by atoms with E-state index in [9.17, 15) is 17.2 Å². The first kappa shape index (κ1) is 21.5. The number of halogens is 3. The molecule has 3 N–H and O–H groups in total. The van der Waals surface area contributed by atoms with E-state index in [2.05, 4.69) is 25.3 Å². The number of benzene rings is 2. The predicted molar refractivity (Wildman–Crippen MR) is 111 cm³/mol. The molecule has 0 radical (unpaired) electrons. The number of sulfonamides is 1.